The van der Waals surface area contributed by atoms with Crippen LogP contribution in [0.2, 0.25) is 0 Å². The first-order valence-corrected chi connectivity index (χ1v) is 8.93. The largest absolute Gasteiger partial charge is 0.341 e. The van der Waals surface area contributed by atoms with Crippen LogP contribution in [0, 0.1) is 5.92 Å². The third kappa shape index (κ3) is 4.19. The van der Waals surface area contributed by atoms with E-state index in [1.165, 1.54) is 32.1 Å². The van der Waals surface area contributed by atoms with Gasteiger partial charge in [-0.25, -0.2) is 0 Å². The van der Waals surface area contributed by atoms with Crippen molar-refractivity contribution >= 4 is 5.91 Å². The second kappa shape index (κ2) is 8.14. The van der Waals surface area contributed by atoms with Crippen molar-refractivity contribution in [3.8, 4) is 0 Å². The van der Waals surface area contributed by atoms with E-state index >= 15 is 0 Å². The predicted octanol–water partition coefficient (Wildman–Crippen LogP) is 2.10. The van der Waals surface area contributed by atoms with E-state index in [0.717, 1.165) is 32.7 Å². The molecular formula is C17H33N3O. The van der Waals surface area contributed by atoms with Crippen LogP contribution < -0.4 is 5.32 Å². The molecule has 0 aromatic rings. The van der Waals surface area contributed by atoms with Crippen LogP contribution in [0.15, 0.2) is 0 Å². The molecule has 2 rings (SSSR count). The number of piperidine rings is 2. The van der Waals surface area contributed by atoms with Gasteiger partial charge in [-0.1, -0.05) is 20.3 Å². The molecule has 2 aliphatic rings. The average molecular weight is 295 g/mol. The molecule has 21 heavy (non-hydrogen) atoms. The number of nitrogens with one attached hydrogen (secondary N) is 1. The maximum Gasteiger partial charge on any atom is 0.239 e. The maximum absolute atomic E-state index is 12.7. The van der Waals surface area contributed by atoms with E-state index in [9.17, 15) is 4.79 Å². The van der Waals surface area contributed by atoms with Gasteiger partial charge in [0.2, 0.25) is 5.91 Å². The maximum atomic E-state index is 12.7. The highest BCUT2D eigenvalue weighted by Gasteiger charge is 2.33. The van der Waals surface area contributed by atoms with Gasteiger partial charge in [0.05, 0.1) is 6.04 Å². The van der Waals surface area contributed by atoms with Crippen LogP contribution in [0.1, 0.15) is 52.9 Å². The highest BCUT2D eigenvalue weighted by molar-refractivity contribution is 5.81. The summed E-state index contributed by atoms with van der Waals surface area (Å²) in [5, 5.41) is 3.62. The van der Waals surface area contributed by atoms with Crippen LogP contribution >= 0.6 is 0 Å². The van der Waals surface area contributed by atoms with Gasteiger partial charge < -0.3 is 10.2 Å². The minimum Gasteiger partial charge on any atom is -0.341 e. The molecule has 2 saturated heterocycles. The minimum atomic E-state index is 0.0553. The molecule has 1 amide bonds. The third-order valence-electron chi connectivity index (χ3n) is 5.33. The zero-order valence-corrected chi connectivity index (χ0v) is 14.1. The van der Waals surface area contributed by atoms with Gasteiger partial charge in [0.1, 0.15) is 0 Å². The molecule has 3 unspecified atom stereocenters. The first-order valence-electron chi connectivity index (χ1n) is 8.93. The number of rotatable bonds is 5. The number of amides is 1. The number of carbonyl (C=O) groups is 1. The van der Waals surface area contributed by atoms with Crippen LogP contribution in [0.5, 0.6) is 0 Å². The monoisotopic (exact) mass is 295 g/mol. The molecule has 2 fully saturated rings. The molecular weight excluding hydrogens is 262 g/mol. The van der Waals surface area contributed by atoms with Crippen LogP contribution in [-0.4, -0.2) is 60.5 Å². The minimum absolute atomic E-state index is 0.0553. The summed E-state index contributed by atoms with van der Waals surface area (Å²) in [7, 11) is 0. The molecule has 1 N–H and O–H groups in total. The number of hydrogen-bond acceptors (Lipinski definition) is 3. The Balaban J connectivity index is 1.90. The van der Waals surface area contributed by atoms with E-state index in [2.05, 4.69) is 35.9 Å². The Kier molecular flexibility index (Phi) is 6.49. The van der Waals surface area contributed by atoms with E-state index in [1.807, 2.05) is 0 Å². The van der Waals surface area contributed by atoms with Gasteiger partial charge in [-0.05, 0) is 45.1 Å². The van der Waals surface area contributed by atoms with Gasteiger partial charge in [0.25, 0.3) is 0 Å². The van der Waals surface area contributed by atoms with Crippen LogP contribution in [0.25, 0.3) is 0 Å². The Hall–Kier alpha value is -0.610. The molecule has 2 aliphatic heterocycles. The molecule has 4 heteroatoms. The molecule has 0 saturated carbocycles. The van der Waals surface area contributed by atoms with Gasteiger partial charge >= 0.3 is 0 Å². The third-order valence-corrected chi connectivity index (χ3v) is 5.33. The highest BCUT2D eigenvalue weighted by Crippen LogP contribution is 2.23. The summed E-state index contributed by atoms with van der Waals surface area (Å²) >= 11 is 0. The second-order valence-corrected chi connectivity index (χ2v) is 6.68. The van der Waals surface area contributed by atoms with Crippen molar-refractivity contribution in [2.45, 2.75) is 65.0 Å². The van der Waals surface area contributed by atoms with Crippen LogP contribution in [0.4, 0.5) is 0 Å². The van der Waals surface area contributed by atoms with Gasteiger partial charge in [-0.2, -0.15) is 0 Å². The summed E-state index contributed by atoms with van der Waals surface area (Å²) < 4.78 is 0. The highest BCUT2D eigenvalue weighted by atomic mass is 16.2. The zero-order valence-electron chi connectivity index (χ0n) is 14.1. The molecule has 0 aromatic heterocycles. The molecule has 122 valence electrons. The summed E-state index contributed by atoms with van der Waals surface area (Å²) in [4.78, 5) is 17.2. The normalized spacial score (nSPS) is 29.4. The molecule has 0 radical (unpaired) electrons. The van der Waals surface area contributed by atoms with Crippen LogP contribution in [0.3, 0.4) is 0 Å². The first-order chi connectivity index (χ1) is 10.2. The Morgan fingerprint density at radius 2 is 1.90 bits per heavy atom. The molecule has 2 heterocycles. The summed E-state index contributed by atoms with van der Waals surface area (Å²) in [6.07, 6.45) is 6.00. The van der Waals surface area contributed by atoms with E-state index in [-0.39, 0.29) is 6.04 Å². The number of likely N-dealkylation sites (tertiary alicyclic amines) is 2. The lowest BCUT2D eigenvalue weighted by molar-refractivity contribution is -0.138. The molecule has 0 aliphatic carbocycles. The van der Waals surface area contributed by atoms with E-state index < -0.39 is 0 Å². The predicted molar refractivity (Wildman–Crippen MR) is 87.3 cm³/mol. The molecule has 0 aromatic carbocycles. The smallest absolute Gasteiger partial charge is 0.239 e. The zero-order chi connectivity index (χ0) is 15.2. The van der Waals surface area contributed by atoms with Crippen molar-refractivity contribution in [2.75, 3.05) is 32.7 Å². The van der Waals surface area contributed by atoms with Gasteiger partial charge in [0, 0.05) is 32.2 Å². The first kappa shape index (κ1) is 16.8. The Labute approximate surface area is 130 Å². The standard InChI is InChI=1S/C17H33N3O/c1-4-15-13-20(12-9-16(15)18-5-2)14(3)17(21)19-10-7-6-8-11-19/h14-16,18H,4-13H2,1-3H3. The van der Waals surface area contributed by atoms with Crippen LogP contribution in [-0.2, 0) is 4.79 Å². The van der Waals surface area contributed by atoms with Crippen molar-refractivity contribution in [1.82, 2.24) is 15.1 Å². The molecule has 0 spiro atoms. The van der Waals surface area contributed by atoms with Crippen molar-refractivity contribution in [2.24, 2.45) is 5.92 Å². The van der Waals surface area contributed by atoms with Crippen molar-refractivity contribution in [1.29, 1.82) is 0 Å². The molecule has 4 nitrogen and oxygen atoms in total. The van der Waals surface area contributed by atoms with Gasteiger partial charge in [-0.15, -0.1) is 0 Å². The van der Waals surface area contributed by atoms with E-state index in [0.29, 0.717) is 17.9 Å². The summed E-state index contributed by atoms with van der Waals surface area (Å²) in [6, 6.07) is 0.688. The fourth-order valence-electron chi connectivity index (χ4n) is 3.89. The lowest BCUT2D eigenvalue weighted by Crippen LogP contribution is -2.55. The lowest BCUT2D eigenvalue weighted by Gasteiger charge is -2.42. The fraction of sp³-hybridized carbons (Fsp3) is 0.941. The Bertz CT molecular complexity index is 328. The van der Waals surface area contributed by atoms with Gasteiger partial charge in [0.15, 0.2) is 0 Å². The summed E-state index contributed by atoms with van der Waals surface area (Å²) in [6.45, 7) is 11.7. The molecule has 3 atom stereocenters. The quantitative estimate of drug-likeness (QED) is 0.844. The SMILES string of the molecule is CCNC1CCN(C(C)C(=O)N2CCCCC2)CC1CC. The number of nitrogens with zero attached hydrogens (tertiary/aromatic N) is 2. The average Bonchev–Trinajstić information content (AvgIpc) is 2.55. The summed E-state index contributed by atoms with van der Waals surface area (Å²) in [5.74, 6) is 1.03. The van der Waals surface area contributed by atoms with Crippen molar-refractivity contribution in [3.05, 3.63) is 0 Å². The van der Waals surface area contributed by atoms with E-state index in [1.54, 1.807) is 0 Å². The lowest BCUT2D eigenvalue weighted by atomic mass is 9.89. The van der Waals surface area contributed by atoms with Crippen molar-refractivity contribution < 1.29 is 4.79 Å². The number of hydrogen-bond donors (Lipinski definition) is 1. The number of carbonyl (C=O) groups excluding carboxylic acids is 1. The fourth-order valence-corrected chi connectivity index (χ4v) is 3.89. The van der Waals surface area contributed by atoms with Gasteiger partial charge in [-0.3, -0.25) is 9.69 Å². The van der Waals surface area contributed by atoms with E-state index in [4.69, 9.17) is 0 Å². The summed E-state index contributed by atoms with van der Waals surface area (Å²) in [5.41, 5.74) is 0. The topological polar surface area (TPSA) is 35.6 Å². The Morgan fingerprint density at radius 1 is 1.19 bits per heavy atom. The Morgan fingerprint density at radius 3 is 2.52 bits per heavy atom. The van der Waals surface area contributed by atoms with Crippen molar-refractivity contribution in [3.63, 3.8) is 0 Å². The molecule has 0 bridgehead atoms. The second-order valence-electron chi connectivity index (χ2n) is 6.68.